The van der Waals surface area contributed by atoms with Gasteiger partial charge in [-0.15, -0.1) is 0 Å². The third-order valence-corrected chi connectivity index (χ3v) is 3.39. The van der Waals surface area contributed by atoms with Gasteiger partial charge < -0.3 is 10.0 Å². The molecular formula is C16H21N3O2. The van der Waals surface area contributed by atoms with E-state index in [1.165, 1.54) is 4.68 Å². The molecule has 0 aliphatic rings. The van der Waals surface area contributed by atoms with Gasteiger partial charge in [0.15, 0.2) is 0 Å². The Hall–Kier alpha value is -2.14. The fraction of sp³-hybridized carbons (Fsp3) is 0.375. The van der Waals surface area contributed by atoms with E-state index in [9.17, 15) is 9.90 Å². The van der Waals surface area contributed by atoms with Crippen molar-refractivity contribution in [2.24, 2.45) is 0 Å². The van der Waals surface area contributed by atoms with Gasteiger partial charge in [-0.05, 0) is 12.0 Å². The standard InChI is InChI=1S/C16H21N3O2/c1-3-9-18(2)14-10-16(21)19(17-11-14)12-15(20)13-7-5-4-6-8-13/h4-8,10-11,15,20H,3,9,12H2,1-2H3. The van der Waals surface area contributed by atoms with Crippen molar-refractivity contribution >= 4 is 5.69 Å². The highest BCUT2D eigenvalue weighted by Crippen LogP contribution is 2.13. The number of rotatable bonds is 6. The summed E-state index contributed by atoms with van der Waals surface area (Å²) in [5.74, 6) is 0. The van der Waals surface area contributed by atoms with Crippen molar-refractivity contribution in [1.82, 2.24) is 9.78 Å². The molecule has 0 aliphatic heterocycles. The Morgan fingerprint density at radius 1 is 1.33 bits per heavy atom. The molecule has 5 nitrogen and oxygen atoms in total. The number of aliphatic hydroxyl groups excluding tert-OH is 1. The maximum Gasteiger partial charge on any atom is 0.268 e. The highest BCUT2D eigenvalue weighted by molar-refractivity contribution is 5.41. The zero-order valence-electron chi connectivity index (χ0n) is 12.4. The summed E-state index contributed by atoms with van der Waals surface area (Å²) in [4.78, 5) is 14.1. The van der Waals surface area contributed by atoms with Crippen LogP contribution in [0, 0.1) is 0 Å². The van der Waals surface area contributed by atoms with Gasteiger partial charge in [0.25, 0.3) is 5.56 Å². The maximum atomic E-state index is 12.1. The summed E-state index contributed by atoms with van der Waals surface area (Å²) in [5.41, 5.74) is 1.37. The topological polar surface area (TPSA) is 58.4 Å². The van der Waals surface area contributed by atoms with Crippen LogP contribution < -0.4 is 10.5 Å². The number of hydrogen-bond donors (Lipinski definition) is 1. The van der Waals surface area contributed by atoms with Crippen molar-refractivity contribution in [3.8, 4) is 0 Å². The van der Waals surface area contributed by atoms with Crippen LogP contribution in [0.4, 0.5) is 5.69 Å². The van der Waals surface area contributed by atoms with Crippen LogP contribution in [-0.4, -0.2) is 28.5 Å². The Kier molecular flexibility index (Phi) is 5.11. The van der Waals surface area contributed by atoms with Gasteiger partial charge in [0.1, 0.15) is 0 Å². The van der Waals surface area contributed by atoms with E-state index >= 15 is 0 Å². The monoisotopic (exact) mass is 287 g/mol. The van der Waals surface area contributed by atoms with Gasteiger partial charge in [-0.2, -0.15) is 5.10 Å². The molecule has 0 aliphatic carbocycles. The van der Waals surface area contributed by atoms with Gasteiger partial charge in [0, 0.05) is 19.7 Å². The Morgan fingerprint density at radius 2 is 2.05 bits per heavy atom. The maximum absolute atomic E-state index is 12.1. The average molecular weight is 287 g/mol. The third-order valence-electron chi connectivity index (χ3n) is 3.39. The van der Waals surface area contributed by atoms with E-state index in [1.807, 2.05) is 42.3 Å². The summed E-state index contributed by atoms with van der Waals surface area (Å²) in [6.45, 7) is 3.11. The lowest BCUT2D eigenvalue weighted by atomic mass is 10.1. The summed E-state index contributed by atoms with van der Waals surface area (Å²) in [7, 11) is 1.93. The lowest BCUT2D eigenvalue weighted by Crippen LogP contribution is -2.28. The van der Waals surface area contributed by atoms with Gasteiger partial charge in [-0.25, -0.2) is 4.68 Å². The lowest BCUT2D eigenvalue weighted by molar-refractivity contribution is 0.149. The minimum absolute atomic E-state index is 0.153. The van der Waals surface area contributed by atoms with E-state index in [-0.39, 0.29) is 12.1 Å². The van der Waals surface area contributed by atoms with Crippen LogP contribution in [0.1, 0.15) is 25.0 Å². The molecule has 21 heavy (non-hydrogen) atoms. The molecule has 0 amide bonds. The van der Waals surface area contributed by atoms with Gasteiger partial charge in [0.2, 0.25) is 0 Å². The van der Waals surface area contributed by atoms with Crippen molar-refractivity contribution in [3.05, 3.63) is 58.5 Å². The zero-order valence-corrected chi connectivity index (χ0v) is 12.4. The van der Waals surface area contributed by atoms with E-state index in [0.29, 0.717) is 0 Å². The van der Waals surface area contributed by atoms with Gasteiger partial charge >= 0.3 is 0 Å². The molecule has 0 fully saturated rings. The molecule has 0 saturated heterocycles. The first-order valence-electron chi connectivity index (χ1n) is 7.13. The second kappa shape index (κ2) is 7.04. The number of anilines is 1. The molecule has 0 radical (unpaired) electrons. The molecule has 1 N–H and O–H groups in total. The summed E-state index contributed by atoms with van der Waals surface area (Å²) < 4.78 is 1.29. The fourth-order valence-corrected chi connectivity index (χ4v) is 2.18. The number of hydrogen-bond acceptors (Lipinski definition) is 4. The van der Waals surface area contributed by atoms with Crippen molar-refractivity contribution in [3.63, 3.8) is 0 Å². The molecule has 5 heteroatoms. The number of aromatic nitrogens is 2. The summed E-state index contributed by atoms with van der Waals surface area (Å²) in [6.07, 6.45) is 1.93. The first kappa shape index (κ1) is 15.3. The minimum atomic E-state index is -0.740. The molecule has 1 unspecified atom stereocenters. The molecular weight excluding hydrogens is 266 g/mol. The Balaban J connectivity index is 2.13. The highest BCUT2D eigenvalue weighted by atomic mass is 16.3. The SMILES string of the molecule is CCCN(C)c1cnn(CC(O)c2ccccc2)c(=O)c1. The second-order valence-corrected chi connectivity index (χ2v) is 5.08. The number of aliphatic hydroxyl groups is 1. The van der Waals surface area contributed by atoms with E-state index in [0.717, 1.165) is 24.2 Å². The minimum Gasteiger partial charge on any atom is -0.386 e. The van der Waals surface area contributed by atoms with Gasteiger partial charge in [0.05, 0.1) is 24.5 Å². The van der Waals surface area contributed by atoms with Crippen LogP contribution in [0.2, 0.25) is 0 Å². The van der Waals surface area contributed by atoms with Crippen LogP contribution >= 0.6 is 0 Å². The van der Waals surface area contributed by atoms with E-state index < -0.39 is 6.10 Å². The van der Waals surface area contributed by atoms with Gasteiger partial charge in [-0.1, -0.05) is 37.3 Å². The average Bonchev–Trinajstić information content (AvgIpc) is 2.50. The lowest BCUT2D eigenvalue weighted by Gasteiger charge is -2.18. The molecule has 112 valence electrons. The first-order chi connectivity index (χ1) is 10.1. The normalized spacial score (nSPS) is 12.1. The summed E-state index contributed by atoms with van der Waals surface area (Å²) in [6, 6.07) is 10.8. The molecule has 0 spiro atoms. The van der Waals surface area contributed by atoms with Crippen LogP contribution in [0.25, 0.3) is 0 Å². The quantitative estimate of drug-likeness (QED) is 0.880. The fourth-order valence-electron chi connectivity index (χ4n) is 2.18. The second-order valence-electron chi connectivity index (χ2n) is 5.08. The number of nitrogens with zero attached hydrogens (tertiary/aromatic N) is 3. The summed E-state index contributed by atoms with van der Waals surface area (Å²) in [5, 5.41) is 14.3. The van der Waals surface area contributed by atoms with E-state index in [2.05, 4.69) is 12.0 Å². The van der Waals surface area contributed by atoms with Gasteiger partial charge in [-0.3, -0.25) is 4.79 Å². The zero-order chi connectivity index (χ0) is 15.2. The predicted molar refractivity (Wildman–Crippen MR) is 83.5 cm³/mol. The molecule has 0 saturated carbocycles. The van der Waals surface area contributed by atoms with Crippen LogP contribution in [-0.2, 0) is 6.54 Å². The Bertz CT molecular complexity index is 625. The van der Waals surface area contributed by atoms with Crippen LogP contribution in [0.15, 0.2) is 47.4 Å². The Morgan fingerprint density at radius 3 is 2.67 bits per heavy atom. The molecule has 2 rings (SSSR count). The number of benzene rings is 1. The Labute approximate surface area is 124 Å². The molecule has 1 aromatic heterocycles. The smallest absolute Gasteiger partial charge is 0.268 e. The highest BCUT2D eigenvalue weighted by Gasteiger charge is 2.10. The van der Waals surface area contributed by atoms with E-state index in [1.54, 1.807) is 12.3 Å². The van der Waals surface area contributed by atoms with Crippen molar-refractivity contribution < 1.29 is 5.11 Å². The van der Waals surface area contributed by atoms with Crippen LogP contribution in [0.3, 0.4) is 0 Å². The van der Waals surface area contributed by atoms with Crippen molar-refractivity contribution in [2.75, 3.05) is 18.5 Å². The first-order valence-corrected chi connectivity index (χ1v) is 7.13. The predicted octanol–water partition coefficient (Wildman–Crippen LogP) is 1.82. The summed E-state index contributed by atoms with van der Waals surface area (Å²) >= 11 is 0. The van der Waals surface area contributed by atoms with Crippen LogP contribution in [0.5, 0.6) is 0 Å². The molecule has 1 aromatic carbocycles. The molecule has 0 bridgehead atoms. The molecule has 1 heterocycles. The van der Waals surface area contributed by atoms with E-state index in [4.69, 9.17) is 0 Å². The van der Waals surface area contributed by atoms with Crippen molar-refractivity contribution in [2.45, 2.75) is 26.0 Å². The van der Waals surface area contributed by atoms with Crippen molar-refractivity contribution in [1.29, 1.82) is 0 Å². The molecule has 2 aromatic rings. The molecule has 1 atom stereocenters. The largest absolute Gasteiger partial charge is 0.386 e. The third kappa shape index (κ3) is 3.92.